The Morgan fingerprint density at radius 3 is 2.77 bits per heavy atom. The molecule has 2 aromatic rings. The van der Waals surface area contributed by atoms with Crippen molar-refractivity contribution in [3.8, 4) is 5.69 Å². The van der Waals surface area contributed by atoms with E-state index in [2.05, 4.69) is 20.6 Å². The Labute approximate surface area is 199 Å². The molecule has 1 saturated heterocycles. The van der Waals surface area contributed by atoms with Crippen molar-refractivity contribution in [2.24, 2.45) is 10.9 Å². The number of guanidine groups is 1. The minimum atomic E-state index is -0.299. The van der Waals surface area contributed by atoms with Crippen molar-refractivity contribution >= 4 is 35.8 Å². The number of carbonyl (C=O) groups excluding carboxylic acids is 1. The van der Waals surface area contributed by atoms with Gasteiger partial charge in [0.15, 0.2) is 5.96 Å². The maximum atomic E-state index is 14.4. The van der Waals surface area contributed by atoms with Gasteiger partial charge in [-0.25, -0.2) is 9.37 Å². The minimum Gasteiger partial charge on any atom is -0.352 e. The summed E-state index contributed by atoms with van der Waals surface area (Å²) < 4.78 is 16.1. The standard InChI is InChI=1S/C22H29FN6O.HI/c1-24-22(27-18-8-10-28(14-18)21(30)17-4-2-3-5-17)26-13-16-6-7-20(19(23)12-16)29-11-9-25-15-29;/h6-7,9,11-12,15,17-18H,2-5,8,10,13-14H2,1H3,(H2,24,26,27);1H. The Kier molecular flexibility index (Phi) is 8.28. The smallest absolute Gasteiger partial charge is 0.225 e. The summed E-state index contributed by atoms with van der Waals surface area (Å²) in [6.45, 7) is 1.97. The molecular weight excluding hydrogens is 510 g/mol. The van der Waals surface area contributed by atoms with Gasteiger partial charge in [-0.1, -0.05) is 18.9 Å². The first-order valence-corrected chi connectivity index (χ1v) is 10.7. The minimum absolute atomic E-state index is 0. The zero-order valence-electron chi connectivity index (χ0n) is 17.8. The molecule has 4 rings (SSSR count). The number of benzene rings is 1. The number of amides is 1. The zero-order chi connectivity index (χ0) is 20.9. The molecule has 1 aromatic heterocycles. The van der Waals surface area contributed by atoms with Gasteiger partial charge in [0, 0.05) is 51.0 Å². The quantitative estimate of drug-likeness (QED) is 0.348. The molecule has 2 N–H and O–H groups in total. The number of rotatable bonds is 5. The topological polar surface area (TPSA) is 74.6 Å². The molecule has 1 unspecified atom stereocenters. The summed E-state index contributed by atoms with van der Waals surface area (Å²) in [6, 6.07) is 5.33. The van der Waals surface area contributed by atoms with E-state index in [1.807, 2.05) is 11.0 Å². The molecular formula is C22H30FIN6O. The molecule has 9 heteroatoms. The number of hydrogen-bond donors (Lipinski definition) is 2. The SMILES string of the molecule is CN=C(NCc1ccc(-n2ccnc2)c(F)c1)NC1CCN(C(=O)C2CCCC2)C1.I. The van der Waals surface area contributed by atoms with E-state index in [9.17, 15) is 9.18 Å². The van der Waals surface area contributed by atoms with Crippen molar-refractivity contribution in [2.45, 2.75) is 44.7 Å². The van der Waals surface area contributed by atoms with Gasteiger partial charge in [-0.2, -0.15) is 0 Å². The van der Waals surface area contributed by atoms with Gasteiger partial charge < -0.3 is 20.1 Å². The van der Waals surface area contributed by atoms with E-state index in [1.54, 1.807) is 36.4 Å². The molecule has 0 bridgehead atoms. The molecule has 1 amide bonds. The fourth-order valence-electron chi connectivity index (χ4n) is 4.35. The lowest BCUT2D eigenvalue weighted by atomic mass is 10.1. The normalized spacial score (nSPS) is 19.4. The molecule has 1 aromatic carbocycles. The maximum absolute atomic E-state index is 14.4. The summed E-state index contributed by atoms with van der Waals surface area (Å²) in [7, 11) is 1.72. The highest BCUT2D eigenvalue weighted by Gasteiger charge is 2.32. The average molecular weight is 540 g/mol. The van der Waals surface area contributed by atoms with Crippen LogP contribution in [0.15, 0.2) is 41.9 Å². The van der Waals surface area contributed by atoms with E-state index in [0.717, 1.165) is 31.4 Å². The van der Waals surface area contributed by atoms with Crippen LogP contribution in [0, 0.1) is 11.7 Å². The Balaban J connectivity index is 0.00000272. The van der Waals surface area contributed by atoms with Gasteiger partial charge in [-0.3, -0.25) is 9.79 Å². The second kappa shape index (κ2) is 10.9. The zero-order valence-corrected chi connectivity index (χ0v) is 20.1. The lowest BCUT2D eigenvalue weighted by Crippen LogP contribution is -2.45. The molecule has 7 nitrogen and oxygen atoms in total. The number of likely N-dealkylation sites (tertiary alicyclic amines) is 1. The first kappa shape index (κ1) is 23.5. The van der Waals surface area contributed by atoms with Crippen molar-refractivity contribution < 1.29 is 9.18 Å². The number of hydrogen-bond acceptors (Lipinski definition) is 3. The van der Waals surface area contributed by atoms with E-state index >= 15 is 0 Å². The van der Waals surface area contributed by atoms with Gasteiger partial charge in [0.1, 0.15) is 5.82 Å². The highest BCUT2D eigenvalue weighted by molar-refractivity contribution is 14.0. The molecule has 168 valence electrons. The van der Waals surface area contributed by atoms with Crippen LogP contribution in [0.5, 0.6) is 0 Å². The highest BCUT2D eigenvalue weighted by atomic mass is 127. The van der Waals surface area contributed by atoms with Gasteiger partial charge in [-0.05, 0) is 37.0 Å². The van der Waals surface area contributed by atoms with Crippen molar-refractivity contribution in [3.63, 3.8) is 0 Å². The van der Waals surface area contributed by atoms with Crippen LogP contribution in [0.25, 0.3) is 5.69 Å². The maximum Gasteiger partial charge on any atom is 0.225 e. The molecule has 1 aliphatic heterocycles. The third-order valence-electron chi connectivity index (χ3n) is 6.02. The summed E-state index contributed by atoms with van der Waals surface area (Å²) in [5.41, 5.74) is 1.29. The van der Waals surface area contributed by atoms with E-state index in [1.165, 1.54) is 18.9 Å². The fraction of sp³-hybridized carbons (Fsp3) is 0.500. The molecule has 1 saturated carbocycles. The van der Waals surface area contributed by atoms with E-state index < -0.39 is 0 Å². The third-order valence-corrected chi connectivity index (χ3v) is 6.02. The highest BCUT2D eigenvalue weighted by Crippen LogP contribution is 2.27. The largest absolute Gasteiger partial charge is 0.352 e. The number of aromatic nitrogens is 2. The lowest BCUT2D eigenvalue weighted by Gasteiger charge is -2.21. The van der Waals surface area contributed by atoms with Crippen LogP contribution in [-0.2, 0) is 11.3 Å². The number of halogens is 2. The van der Waals surface area contributed by atoms with E-state index in [0.29, 0.717) is 30.6 Å². The van der Waals surface area contributed by atoms with Crippen molar-refractivity contribution in [3.05, 3.63) is 48.3 Å². The van der Waals surface area contributed by atoms with Crippen LogP contribution in [0.3, 0.4) is 0 Å². The van der Waals surface area contributed by atoms with Crippen LogP contribution in [-0.4, -0.2) is 52.5 Å². The number of nitrogens with one attached hydrogen (secondary N) is 2. The Hall–Kier alpha value is -2.17. The van der Waals surface area contributed by atoms with Crippen LogP contribution in [0.2, 0.25) is 0 Å². The molecule has 0 spiro atoms. The summed E-state index contributed by atoms with van der Waals surface area (Å²) in [4.78, 5) is 22.8. The molecule has 1 aliphatic carbocycles. The van der Waals surface area contributed by atoms with Gasteiger partial charge >= 0.3 is 0 Å². The fourth-order valence-corrected chi connectivity index (χ4v) is 4.35. The number of nitrogens with zero attached hydrogens (tertiary/aromatic N) is 4. The number of imidazole rings is 1. The average Bonchev–Trinajstić information content (AvgIpc) is 3.53. The van der Waals surface area contributed by atoms with Crippen molar-refractivity contribution in [1.29, 1.82) is 0 Å². The molecule has 2 fully saturated rings. The predicted molar refractivity (Wildman–Crippen MR) is 129 cm³/mol. The molecule has 0 radical (unpaired) electrons. The second-order valence-electron chi connectivity index (χ2n) is 8.08. The van der Waals surface area contributed by atoms with E-state index in [4.69, 9.17) is 0 Å². The Morgan fingerprint density at radius 2 is 2.10 bits per heavy atom. The van der Waals surface area contributed by atoms with Gasteiger partial charge in [0.05, 0.1) is 12.0 Å². The molecule has 1 atom stereocenters. The first-order valence-electron chi connectivity index (χ1n) is 10.7. The second-order valence-corrected chi connectivity index (χ2v) is 8.08. The summed E-state index contributed by atoms with van der Waals surface area (Å²) in [5.74, 6) is 0.899. The number of carbonyl (C=O) groups is 1. The number of aliphatic imine (C=N–C) groups is 1. The summed E-state index contributed by atoms with van der Waals surface area (Å²) in [6.07, 6.45) is 10.2. The van der Waals surface area contributed by atoms with Crippen LogP contribution < -0.4 is 10.6 Å². The monoisotopic (exact) mass is 540 g/mol. The lowest BCUT2D eigenvalue weighted by molar-refractivity contribution is -0.134. The van der Waals surface area contributed by atoms with Gasteiger partial charge in [0.2, 0.25) is 5.91 Å². The summed E-state index contributed by atoms with van der Waals surface area (Å²) in [5, 5.41) is 6.64. The van der Waals surface area contributed by atoms with Crippen molar-refractivity contribution in [1.82, 2.24) is 25.1 Å². The van der Waals surface area contributed by atoms with Gasteiger partial charge in [0.25, 0.3) is 0 Å². The van der Waals surface area contributed by atoms with Crippen molar-refractivity contribution in [2.75, 3.05) is 20.1 Å². The van der Waals surface area contributed by atoms with Crippen LogP contribution in [0.4, 0.5) is 4.39 Å². The molecule has 31 heavy (non-hydrogen) atoms. The molecule has 2 heterocycles. The van der Waals surface area contributed by atoms with E-state index in [-0.39, 0.29) is 41.8 Å². The van der Waals surface area contributed by atoms with Crippen LogP contribution >= 0.6 is 24.0 Å². The van der Waals surface area contributed by atoms with Gasteiger partial charge in [-0.15, -0.1) is 24.0 Å². The predicted octanol–water partition coefficient (Wildman–Crippen LogP) is 3.09. The summed E-state index contributed by atoms with van der Waals surface area (Å²) >= 11 is 0. The Bertz CT molecular complexity index is 897. The first-order chi connectivity index (χ1) is 14.6. The third kappa shape index (κ3) is 5.75. The molecule has 2 aliphatic rings. The Morgan fingerprint density at radius 1 is 1.29 bits per heavy atom. The van der Waals surface area contributed by atoms with Crippen LogP contribution in [0.1, 0.15) is 37.7 Å².